The Morgan fingerprint density at radius 2 is 2.19 bits per heavy atom. The molecule has 2 rings (SSSR count). The van der Waals surface area contributed by atoms with Gasteiger partial charge in [0.25, 0.3) is 5.91 Å². The van der Waals surface area contributed by atoms with Crippen molar-refractivity contribution in [2.75, 3.05) is 6.61 Å². The van der Waals surface area contributed by atoms with Crippen LogP contribution in [0.2, 0.25) is 0 Å². The topological polar surface area (TPSA) is 58.6 Å². The summed E-state index contributed by atoms with van der Waals surface area (Å²) in [5.41, 5.74) is -0.222. The van der Waals surface area contributed by atoms with Crippen LogP contribution in [0.4, 0.5) is 4.39 Å². The second-order valence-corrected chi connectivity index (χ2v) is 5.56. The number of nitrogens with one attached hydrogen (secondary N) is 1. The lowest BCUT2D eigenvalue weighted by atomic mass is 9.86. The number of rotatable bonds is 4. The van der Waals surface area contributed by atoms with Crippen molar-refractivity contribution in [3.8, 4) is 5.75 Å². The fourth-order valence-corrected chi connectivity index (χ4v) is 2.85. The maximum Gasteiger partial charge on any atom is 0.255 e. The molecule has 1 atom stereocenters. The standard InChI is InChI=1S/C16H22FNO3/c1-3-16(4-2)10-12(7-8-21-16)18-15(20)13-9-11(17)5-6-14(13)19/h5-6,9,12,19H,3-4,7-8,10H2,1-2H3,(H,18,20). The van der Waals surface area contributed by atoms with Gasteiger partial charge in [-0.1, -0.05) is 13.8 Å². The van der Waals surface area contributed by atoms with Gasteiger partial charge in [-0.3, -0.25) is 4.79 Å². The average Bonchev–Trinajstić information content (AvgIpc) is 2.49. The normalized spacial score (nSPS) is 21.0. The summed E-state index contributed by atoms with van der Waals surface area (Å²) in [4.78, 5) is 12.2. The molecule has 0 aromatic heterocycles. The number of ether oxygens (including phenoxy) is 1. The fraction of sp³-hybridized carbons (Fsp3) is 0.562. The highest BCUT2D eigenvalue weighted by molar-refractivity contribution is 5.97. The molecule has 5 heteroatoms. The average molecular weight is 295 g/mol. The molecule has 1 fully saturated rings. The molecule has 116 valence electrons. The summed E-state index contributed by atoms with van der Waals surface area (Å²) in [5.74, 6) is -1.19. The molecule has 1 aromatic carbocycles. The van der Waals surface area contributed by atoms with Crippen molar-refractivity contribution in [1.29, 1.82) is 0 Å². The summed E-state index contributed by atoms with van der Waals surface area (Å²) in [6, 6.07) is 3.35. The summed E-state index contributed by atoms with van der Waals surface area (Å²) in [7, 11) is 0. The van der Waals surface area contributed by atoms with Crippen molar-refractivity contribution in [3.63, 3.8) is 0 Å². The van der Waals surface area contributed by atoms with Crippen LogP contribution in [0.25, 0.3) is 0 Å². The third kappa shape index (κ3) is 3.53. The molecule has 1 aromatic rings. The van der Waals surface area contributed by atoms with Crippen LogP contribution in [0.15, 0.2) is 18.2 Å². The Kier molecular flexibility index (Phi) is 4.83. The molecule has 1 saturated heterocycles. The predicted molar refractivity (Wildman–Crippen MR) is 77.8 cm³/mol. The van der Waals surface area contributed by atoms with E-state index in [1.54, 1.807) is 0 Å². The number of hydrogen-bond donors (Lipinski definition) is 2. The highest BCUT2D eigenvalue weighted by Crippen LogP contribution is 2.31. The number of phenolic OH excluding ortho intramolecular Hbond substituents is 1. The first-order valence-electron chi connectivity index (χ1n) is 7.43. The zero-order valence-electron chi connectivity index (χ0n) is 12.5. The molecule has 1 unspecified atom stereocenters. The van der Waals surface area contributed by atoms with E-state index < -0.39 is 11.7 Å². The van der Waals surface area contributed by atoms with Gasteiger partial charge in [0.15, 0.2) is 0 Å². The SMILES string of the molecule is CCC1(CC)CC(NC(=O)c2cc(F)ccc2O)CCO1. The van der Waals surface area contributed by atoms with Crippen LogP contribution < -0.4 is 5.32 Å². The second-order valence-electron chi connectivity index (χ2n) is 5.56. The number of hydrogen-bond acceptors (Lipinski definition) is 3. The van der Waals surface area contributed by atoms with Crippen LogP contribution in [0, 0.1) is 5.82 Å². The summed E-state index contributed by atoms with van der Waals surface area (Å²) in [5, 5.41) is 12.6. The molecule has 1 heterocycles. The van der Waals surface area contributed by atoms with Gasteiger partial charge < -0.3 is 15.2 Å². The van der Waals surface area contributed by atoms with Gasteiger partial charge in [-0.25, -0.2) is 4.39 Å². The number of halogens is 1. The molecule has 2 N–H and O–H groups in total. The molecule has 1 aliphatic rings. The molecule has 0 saturated carbocycles. The van der Waals surface area contributed by atoms with Crippen molar-refractivity contribution in [3.05, 3.63) is 29.6 Å². The molecule has 1 aliphatic heterocycles. The summed E-state index contributed by atoms with van der Waals surface area (Å²) in [6.45, 7) is 4.75. The Balaban J connectivity index is 2.07. The fourth-order valence-electron chi connectivity index (χ4n) is 2.85. The van der Waals surface area contributed by atoms with E-state index in [9.17, 15) is 14.3 Å². The lowest BCUT2D eigenvalue weighted by Gasteiger charge is -2.40. The maximum absolute atomic E-state index is 13.2. The third-order valence-electron chi connectivity index (χ3n) is 4.32. The van der Waals surface area contributed by atoms with Gasteiger partial charge >= 0.3 is 0 Å². The maximum atomic E-state index is 13.2. The number of carbonyl (C=O) groups excluding carboxylic acids is 1. The van der Waals surface area contributed by atoms with Crippen molar-refractivity contribution >= 4 is 5.91 Å². The van der Waals surface area contributed by atoms with Crippen molar-refractivity contribution in [2.45, 2.75) is 51.2 Å². The van der Waals surface area contributed by atoms with E-state index in [1.807, 2.05) is 0 Å². The van der Waals surface area contributed by atoms with E-state index in [0.29, 0.717) is 6.61 Å². The zero-order chi connectivity index (χ0) is 15.5. The molecule has 0 aliphatic carbocycles. The lowest BCUT2D eigenvalue weighted by molar-refractivity contribution is -0.0917. The van der Waals surface area contributed by atoms with Crippen molar-refractivity contribution in [1.82, 2.24) is 5.32 Å². The minimum atomic E-state index is -0.540. The van der Waals surface area contributed by atoms with E-state index >= 15 is 0 Å². The van der Waals surface area contributed by atoms with Crippen molar-refractivity contribution in [2.24, 2.45) is 0 Å². The second kappa shape index (κ2) is 6.43. The first kappa shape index (κ1) is 15.8. The minimum absolute atomic E-state index is 0.0196. The largest absolute Gasteiger partial charge is 0.507 e. The molecule has 0 bridgehead atoms. The Morgan fingerprint density at radius 3 is 2.86 bits per heavy atom. The van der Waals surface area contributed by atoms with Gasteiger partial charge in [0.05, 0.1) is 11.2 Å². The molecule has 0 radical (unpaired) electrons. The molecule has 1 amide bonds. The van der Waals surface area contributed by atoms with Crippen molar-refractivity contribution < 1.29 is 19.0 Å². The Morgan fingerprint density at radius 1 is 1.48 bits per heavy atom. The number of carbonyl (C=O) groups is 1. The molecule has 0 spiro atoms. The third-order valence-corrected chi connectivity index (χ3v) is 4.32. The first-order chi connectivity index (χ1) is 9.99. The monoisotopic (exact) mass is 295 g/mol. The van der Waals surface area contributed by atoms with Crippen LogP contribution in [0.3, 0.4) is 0 Å². The van der Waals surface area contributed by atoms with E-state index in [-0.39, 0.29) is 23.0 Å². The molecule has 4 nitrogen and oxygen atoms in total. The van der Waals surface area contributed by atoms with Gasteiger partial charge in [0.1, 0.15) is 11.6 Å². The smallest absolute Gasteiger partial charge is 0.255 e. The first-order valence-corrected chi connectivity index (χ1v) is 7.43. The molecule has 21 heavy (non-hydrogen) atoms. The van der Waals surface area contributed by atoms with Crippen LogP contribution in [-0.2, 0) is 4.74 Å². The van der Waals surface area contributed by atoms with E-state index in [1.165, 1.54) is 6.07 Å². The lowest BCUT2D eigenvalue weighted by Crippen LogP contribution is -2.48. The van der Waals surface area contributed by atoms with Crippen LogP contribution in [0.5, 0.6) is 5.75 Å². The predicted octanol–water partition coefficient (Wildman–Crippen LogP) is 3.00. The van der Waals surface area contributed by atoms with Gasteiger partial charge in [0.2, 0.25) is 0 Å². The molecular weight excluding hydrogens is 273 g/mol. The quantitative estimate of drug-likeness (QED) is 0.897. The Hall–Kier alpha value is -1.62. The number of aromatic hydroxyl groups is 1. The highest BCUT2D eigenvalue weighted by atomic mass is 19.1. The van der Waals surface area contributed by atoms with Crippen LogP contribution in [-0.4, -0.2) is 29.3 Å². The highest BCUT2D eigenvalue weighted by Gasteiger charge is 2.35. The van der Waals surface area contributed by atoms with Crippen LogP contribution >= 0.6 is 0 Å². The van der Waals surface area contributed by atoms with E-state index in [0.717, 1.165) is 37.8 Å². The summed E-state index contributed by atoms with van der Waals surface area (Å²) >= 11 is 0. The summed E-state index contributed by atoms with van der Waals surface area (Å²) in [6.07, 6.45) is 3.24. The van der Waals surface area contributed by atoms with Gasteiger partial charge in [-0.15, -0.1) is 0 Å². The number of benzene rings is 1. The zero-order valence-corrected chi connectivity index (χ0v) is 12.5. The van der Waals surface area contributed by atoms with Crippen LogP contribution in [0.1, 0.15) is 49.9 Å². The van der Waals surface area contributed by atoms with Gasteiger partial charge in [-0.2, -0.15) is 0 Å². The number of phenols is 1. The van der Waals surface area contributed by atoms with Gasteiger partial charge in [-0.05, 0) is 43.9 Å². The van der Waals surface area contributed by atoms with Gasteiger partial charge in [0, 0.05) is 12.6 Å². The van der Waals surface area contributed by atoms with E-state index in [4.69, 9.17) is 4.74 Å². The van der Waals surface area contributed by atoms with E-state index in [2.05, 4.69) is 19.2 Å². The molecular formula is C16H22FNO3. The number of amides is 1. The summed E-state index contributed by atoms with van der Waals surface area (Å²) < 4.78 is 19.1. The Labute approximate surface area is 124 Å². The minimum Gasteiger partial charge on any atom is -0.507 e. The Bertz CT molecular complexity index is 514.